The van der Waals surface area contributed by atoms with Crippen LogP contribution < -0.4 is 9.47 Å². The molecule has 30 heavy (non-hydrogen) atoms. The van der Waals surface area contributed by atoms with Gasteiger partial charge in [-0.2, -0.15) is 0 Å². The molecule has 0 aliphatic carbocycles. The van der Waals surface area contributed by atoms with E-state index in [-0.39, 0.29) is 6.04 Å². The average Bonchev–Trinajstić information content (AvgIpc) is 3.25. The number of nitrogens with zero attached hydrogens (tertiary/aromatic N) is 5. The van der Waals surface area contributed by atoms with Gasteiger partial charge in [0, 0.05) is 20.2 Å². The summed E-state index contributed by atoms with van der Waals surface area (Å²) in [4.78, 5) is 2.42. The average molecular weight is 409 g/mol. The lowest BCUT2D eigenvalue weighted by atomic mass is 9.95. The Morgan fingerprint density at radius 1 is 1.00 bits per heavy atom. The van der Waals surface area contributed by atoms with E-state index >= 15 is 0 Å². The Labute approximate surface area is 176 Å². The Balaban J connectivity index is 1.76. The van der Waals surface area contributed by atoms with E-state index in [0.717, 1.165) is 30.9 Å². The molecular formula is C22H27N5O3. The highest BCUT2D eigenvalue weighted by atomic mass is 16.5. The van der Waals surface area contributed by atoms with E-state index < -0.39 is 0 Å². The highest BCUT2D eigenvalue weighted by molar-refractivity contribution is 5.45. The number of benzene rings is 2. The van der Waals surface area contributed by atoms with Crippen molar-refractivity contribution in [3.63, 3.8) is 0 Å². The molecule has 0 radical (unpaired) electrons. The molecule has 1 aromatic heterocycles. The number of tetrazole rings is 1. The molecule has 0 spiro atoms. The molecule has 1 aliphatic heterocycles. The largest absolute Gasteiger partial charge is 0.493 e. The molecule has 158 valence electrons. The topological polar surface area (TPSA) is 74.5 Å². The van der Waals surface area contributed by atoms with Crippen LogP contribution in [0.1, 0.15) is 28.6 Å². The van der Waals surface area contributed by atoms with Crippen molar-refractivity contribution in [2.75, 3.05) is 34.5 Å². The predicted molar refractivity (Wildman–Crippen MR) is 112 cm³/mol. The number of fused-ring (bicyclic) bond motifs is 1. The van der Waals surface area contributed by atoms with Crippen LogP contribution in [0.3, 0.4) is 0 Å². The Hall–Kier alpha value is -2.97. The van der Waals surface area contributed by atoms with Crippen molar-refractivity contribution in [3.8, 4) is 11.5 Å². The summed E-state index contributed by atoms with van der Waals surface area (Å²) in [5.41, 5.74) is 3.80. The van der Waals surface area contributed by atoms with Gasteiger partial charge in [0.2, 0.25) is 0 Å². The number of ether oxygens (including phenoxy) is 3. The van der Waals surface area contributed by atoms with Gasteiger partial charge in [-0.15, -0.1) is 5.10 Å². The van der Waals surface area contributed by atoms with Crippen LogP contribution in [0.4, 0.5) is 0 Å². The zero-order chi connectivity index (χ0) is 20.9. The van der Waals surface area contributed by atoms with E-state index in [2.05, 4.69) is 50.8 Å². The van der Waals surface area contributed by atoms with Crippen LogP contribution in [-0.4, -0.2) is 59.6 Å². The standard InChI is InChI=1S/C22H27N5O3/c1-28-13-12-27-22(23-24-25-27)21(17-8-9-19(29-2)20(14-17)30-3)26-11-10-16-6-4-5-7-18(16)15-26/h4-9,14,21H,10-13,15H2,1-3H3/t21-/m0/s1. The maximum atomic E-state index is 5.56. The molecule has 3 aromatic rings. The second-order valence-corrected chi connectivity index (χ2v) is 7.26. The normalized spacial score (nSPS) is 14.9. The number of methoxy groups -OCH3 is 3. The maximum absolute atomic E-state index is 5.56. The molecule has 4 rings (SSSR count). The van der Waals surface area contributed by atoms with Crippen LogP contribution in [0.5, 0.6) is 11.5 Å². The predicted octanol–water partition coefficient (Wildman–Crippen LogP) is 2.48. The second-order valence-electron chi connectivity index (χ2n) is 7.26. The van der Waals surface area contributed by atoms with Crippen LogP contribution in [-0.2, 0) is 24.2 Å². The summed E-state index contributed by atoms with van der Waals surface area (Å²) < 4.78 is 18.1. The maximum Gasteiger partial charge on any atom is 0.173 e. The Bertz CT molecular complexity index is 990. The van der Waals surface area contributed by atoms with Crippen LogP contribution in [0, 0.1) is 0 Å². The Morgan fingerprint density at radius 3 is 2.57 bits per heavy atom. The molecule has 8 nitrogen and oxygen atoms in total. The molecular weight excluding hydrogens is 382 g/mol. The third-order valence-corrected chi connectivity index (χ3v) is 5.56. The first-order chi connectivity index (χ1) is 14.7. The molecule has 0 amide bonds. The molecule has 0 saturated carbocycles. The molecule has 0 saturated heterocycles. The quantitative estimate of drug-likeness (QED) is 0.566. The number of hydrogen-bond donors (Lipinski definition) is 0. The van der Waals surface area contributed by atoms with Crippen molar-refractivity contribution in [1.82, 2.24) is 25.1 Å². The highest BCUT2D eigenvalue weighted by Gasteiger charge is 2.31. The SMILES string of the molecule is COCCn1nnnc1[C@H](c1ccc(OC)c(OC)c1)N1CCc2ccccc2C1. The molecule has 0 N–H and O–H groups in total. The molecule has 8 heteroatoms. The van der Waals surface area contributed by atoms with Crippen molar-refractivity contribution >= 4 is 0 Å². The summed E-state index contributed by atoms with van der Waals surface area (Å²) in [7, 11) is 4.97. The van der Waals surface area contributed by atoms with Crippen molar-refractivity contribution in [2.24, 2.45) is 0 Å². The van der Waals surface area contributed by atoms with E-state index in [4.69, 9.17) is 14.2 Å². The lowest BCUT2D eigenvalue weighted by Gasteiger charge is -2.35. The van der Waals surface area contributed by atoms with Crippen LogP contribution >= 0.6 is 0 Å². The third kappa shape index (κ3) is 4.01. The van der Waals surface area contributed by atoms with Gasteiger partial charge in [0.15, 0.2) is 17.3 Å². The van der Waals surface area contributed by atoms with Crippen molar-refractivity contribution in [3.05, 3.63) is 65.0 Å². The number of rotatable bonds is 8. The molecule has 0 bridgehead atoms. The first-order valence-electron chi connectivity index (χ1n) is 10.0. The fourth-order valence-electron chi connectivity index (χ4n) is 4.03. The summed E-state index contributed by atoms with van der Waals surface area (Å²) in [6.07, 6.45) is 0.986. The van der Waals surface area contributed by atoms with Crippen LogP contribution in [0.25, 0.3) is 0 Å². The van der Waals surface area contributed by atoms with Gasteiger partial charge in [0.1, 0.15) is 0 Å². The van der Waals surface area contributed by atoms with Gasteiger partial charge in [-0.05, 0) is 45.7 Å². The van der Waals surface area contributed by atoms with Gasteiger partial charge in [-0.25, -0.2) is 4.68 Å². The zero-order valence-electron chi connectivity index (χ0n) is 17.6. The summed E-state index contributed by atoms with van der Waals surface area (Å²) in [6.45, 7) is 2.87. The third-order valence-electron chi connectivity index (χ3n) is 5.56. The van der Waals surface area contributed by atoms with Gasteiger partial charge in [-0.1, -0.05) is 30.3 Å². The van der Waals surface area contributed by atoms with Gasteiger partial charge in [-0.3, -0.25) is 4.90 Å². The fourth-order valence-corrected chi connectivity index (χ4v) is 4.03. The molecule has 2 heterocycles. The molecule has 0 unspecified atom stereocenters. The summed E-state index contributed by atoms with van der Waals surface area (Å²) in [6, 6.07) is 14.5. The van der Waals surface area contributed by atoms with E-state index in [0.29, 0.717) is 24.7 Å². The van der Waals surface area contributed by atoms with E-state index in [1.165, 1.54) is 11.1 Å². The lowest BCUT2D eigenvalue weighted by molar-refractivity contribution is 0.169. The number of hydrogen-bond acceptors (Lipinski definition) is 7. The first kappa shape index (κ1) is 20.3. The zero-order valence-corrected chi connectivity index (χ0v) is 17.6. The molecule has 1 aliphatic rings. The summed E-state index contributed by atoms with van der Waals surface area (Å²) >= 11 is 0. The molecule has 1 atom stereocenters. The molecule has 2 aromatic carbocycles. The summed E-state index contributed by atoms with van der Waals surface area (Å²) in [5.74, 6) is 2.18. The first-order valence-corrected chi connectivity index (χ1v) is 10.0. The number of aromatic nitrogens is 4. The summed E-state index contributed by atoms with van der Waals surface area (Å²) in [5, 5.41) is 12.6. The lowest BCUT2D eigenvalue weighted by Crippen LogP contribution is -2.36. The van der Waals surface area contributed by atoms with E-state index in [1.54, 1.807) is 21.3 Å². The van der Waals surface area contributed by atoms with Crippen LogP contribution in [0.2, 0.25) is 0 Å². The van der Waals surface area contributed by atoms with Gasteiger partial charge >= 0.3 is 0 Å². The van der Waals surface area contributed by atoms with Crippen molar-refractivity contribution in [1.29, 1.82) is 0 Å². The van der Waals surface area contributed by atoms with Crippen molar-refractivity contribution < 1.29 is 14.2 Å². The minimum absolute atomic E-state index is 0.120. The van der Waals surface area contributed by atoms with E-state index in [1.807, 2.05) is 16.8 Å². The highest BCUT2D eigenvalue weighted by Crippen LogP contribution is 2.36. The smallest absolute Gasteiger partial charge is 0.173 e. The fraction of sp³-hybridized carbons (Fsp3) is 0.409. The van der Waals surface area contributed by atoms with Gasteiger partial charge < -0.3 is 14.2 Å². The Morgan fingerprint density at radius 2 is 1.80 bits per heavy atom. The molecule has 0 fully saturated rings. The van der Waals surface area contributed by atoms with Crippen LogP contribution in [0.15, 0.2) is 42.5 Å². The van der Waals surface area contributed by atoms with Crippen molar-refractivity contribution in [2.45, 2.75) is 25.6 Å². The van der Waals surface area contributed by atoms with E-state index in [9.17, 15) is 0 Å². The Kier molecular flexibility index (Phi) is 6.25. The van der Waals surface area contributed by atoms with Gasteiger partial charge in [0.25, 0.3) is 0 Å². The minimum Gasteiger partial charge on any atom is -0.493 e. The monoisotopic (exact) mass is 409 g/mol. The minimum atomic E-state index is -0.120. The van der Waals surface area contributed by atoms with Gasteiger partial charge in [0.05, 0.1) is 33.4 Å². The second kappa shape index (κ2) is 9.23.